The second-order valence-electron chi connectivity index (χ2n) is 7.05. The van der Waals surface area contributed by atoms with E-state index in [9.17, 15) is 0 Å². The summed E-state index contributed by atoms with van der Waals surface area (Å²) in [5.74, 6) is 9.73. The Morgan fingerprint density at radius 1 is 1.14 bits per heavy atom. The van der Waals surface area contributed by atoms with E-state index in [1.54, 1.807) is 42.0 Å². The highest BCUT2D eigenvalue weighted by molar-refractivity contribution is 7.98. The summed E-state index contributed by atoms with van der Waals surface area (Å²) in [4.78, 5) is 4.76. The van der Waals surface area contributed by atoms with Gasteiger partial charge in [0.15, 0.2) is 17.3 Å². The lowest BCUT2D eigenvalue weighted by Crippen LogP contribution is -2.18. The summed E-state index contributed by atoms with van der Waals surface area (Å²) in [5, 5.41) is 12.4. The topological polar surface area (TPSA) is 88.1 Å². The van der Waals surface area contributed by atoms with Gasteiger partial charge in [-0.25, -0.2) is 9.66 Å². The summed E-state index contributed by atoms with van der Waals surface area (Å²) in [6.45, 7) is 0. The zero-order valence-electron chi connectivity index (χ0n) is 16.6. The molecule has 0 radical (unpaired) electrons. The third-order valence-electron chi connectivity index (χ3n) is 5.19. The second-order valence-corrected chi connectivity index (χ2v) is 8.85. The number of nitrogen functional groups attached to an aromatic ring is 1. The SMILES string of the molecule is COc1ccc(-c2nc(CSc3nnc(C4CCCCC4)n3N)cs2)cc1OC. The van der Waals surface area contributed by atoms with Crippen LogP contribution < -0.4 is 15.3 Å². The molecule has 29 heavy (non-hydrogen) atoms. The maximum atomic E-state index is 6.28. The van der Waals surface area contributed by atoms with E-state index < -0.39 is 0 Å². The minimum absolute atomic E-state index is 0.437. The molecule has 0 bridgehead atoms. The molecule has 2 heterocycles. The van der Waals surface area contributed by atoms with Gasteiger partial charge in [-0.15, -0.1) is 21.5 Å². The number of hydrogen-bond donors (Lipinski definition) is 1. The number of thioether (sulfide) groups is 1. The number of methoxy groups -OCH3 is 2. The molecule has 1 fully saturated rings. The molecule has 1 aliphatic carbocycles. The van der Waals surface area contributed by atoms with Crippen LogP contribution in [0.3, 0.4) is 0 Å². The van der Waals surface area contributed by atoms with E-state index in [-0.39, 0.29) is 0 Å². The van der Waals surface area contributed by atoms with Crippen LogP contribution in [0.2, 0.25) is 0 Å². The van der Waals surface area contributed by atoms with Gasteiger partial charge in [0, 0.05) is 22.6 Å². The van der Waals surface area contributed by atoms with E-state index in [1.807, 2.05) is 18.2 Å². The van der Waals surface area contributed by atoms with Crippen molar-refractivity contribution in [1.82, 2.24) is 19.9 Å². The largest absolute Gasteiger partial charge is 0.493 e. The zero-order chi connectivity index (χ0) is 20.2. The van der Waals surface area contributed by atoms with Crippen molar-refractivity contribution in [3.05, 3.63) is 35.1 Å². The summed E-state index contributed by atoms with van der Waals surface area (Å²) in [6, 6.07) is 5.83. The highest BCUT2D eigenvalue weighted by Crippen LogP contribution is 2.35. The summed E-state index contributed by atoms with van der Waals surface area (Å²) >= 11 is 3.18. The summed E-state index contributed by atoms with van der Waals surface area (Å²) in [7, 11) is 3.27. The third kappa shape index (κ3) is 4.35. The lowest BCUT2D eigenvalue weighted by Gasteiger charge is -2.20. The van der Waals surface area contributed by atoms with Gasteiger partial charge in [-0.05, 0) is 31.0 Å². The van der Waals surface area contributed by atoms with Gasteiger partial charge in [-0.3, -0.25) is 0 Å². The predicted molar refractivity (Wildman–Crippen MR) is 116 cm³/mol. The monoisotopic (exact) mass is 431 g/mol. The fourth-order valence-corrected chi connectivity index (χ4v) is 5.32. The van der Waals surface area contributed by atoms with Crippen LogP contribution in [0.25, 0.3) is 10.6 Å². The van der Waals surface area contributed by atoms with Gasteiger partial charge in [0.25, 0.3) is 0 Å². The maximum Gasteiger partial charge on any atom is 0.210 e. The number of nitrogens with zero attached hydrogens (tertiary/aromatic N) is 4. The molecule has 7 nitrogen and oxygen atoms in total. The standard InChI is InChI=1S/C20H25N5O2S2/c1-26-16-9-8-14(10-17(16)27-2)19-22-15(11-28-19)12-29-20-24-23-18(25(20)21)13-6-4-3-5-7-13/h8-11,13H,3-7,12,21H2,1-2H3. The summed E-state index contributed by atoms with van der Waals surface area (Å²) in [5.41, 5.74) is 2.00. The van der Waals surface area contributed by atoms with E-state index in [4.69, 9.17) is 20.3 Å². The first-order valence-corrected chi connectivity index (χ1v) is 11.6. The first-order chi connectivity index (χ1) is 14.2. The second kappa shape index (κ2) is 9.04. The zero-order valence-corrected chi connectivity index (χ0v) is 18.3. The first-order valence-electron chi connectivity index (χ1n) is 9.69. The van der Waals surface area contributed by atoms with Crippen molar-refractivity contribution in [3.8, 4) is 22.1 Å². The normalized spacial score (nSPS) is 14.8. The van der Waals surface area contributed by atoms with Crippen LogP contribution in [0.5, 0.6) is 11.5 Å². The van der Waals surface area contributed by atoms with Crippen LogP contribution in [0.15, 0.2) is 28.7 Å². The molecule has 154 valence electrons. The van der Waals surface area contributed by atoms with Crippen molar-refractivity contribution < 1.29 is 9.47 Å². The minimum Gasteiger partial charge on any atom is -0.493 e. The van der Waals surface area contributed by atoms with Crippen LogP contribution in [0, 0.1) is 0 Å². The lowest BCUT2D eigenvalue weighted by molar-refractivity contribution is 0.355. The molecule has 0 saturated heterocycles. The molecule has 2 aromatic heterocycles. The van der Waals surface area contributed by atoms with Crippen molar-refractivity contribution in [2.45, 2.75) is 48.9 Å². The molecule has 0 atom stereocenters. The molecule has 0 aliphatic heterocycles. The van der Waals surface area contributed by atoms with E-state index in [0.29, 0.717) is 23.2 Å². The predicted octanol–water partition coefficient (Wildman–Crippen LogP) is 4.47. The number of benzene rings is 1. The van der Waals surface area contributed by atoms with Gasteiger partial charge < -0.3 is 15.3 Å². The smallest absolute Gasteiger partial charge is 0.210 e. The van der Waals surface area contributed by atoms with E-state index in [2.05, 4.69) is 15.6 Å². The average molecular weight is 432 g/mol. The Labute approximate surface area is 178 Å². The number of ether oxygens (including phenoxy) is 2. The molecule has 4 rings (SSSR count). The average Bonchev–Trinajstić information content (AvgIpc) is 3.39. The fraction of sp³-hybridized carbons (Fsp3) is 0.450. The third-order valence-corrected chi connectivity index (χ3v) is 7.11. The van der Waals surface area contributed by atoms with Crippen LogP contribution >= 0.6 is 23.1 Å². The van der Waals surface area contributed by atoms with Crippen molar-refractivity contribution in [2.75, 3.05) is 20.1 Å². The van der Waals surface area contributed by atoms with Gasteiger partial charge in [0.2, 0.25) is 5.16 Å². The Kier molecular flexibility index (Phi) is 6.25. The van der Waals surface area contributed by atoms with Crippen molar-refractivity contribution in [2.24, 2.45) is 0 Å². The van der Waals surface area contributed by atoms with Gasteiger partial charge >= 0.3 is 0 Å². The van der Waals surface area contributed by atoms with Crippen LogP contribution in [0.1, 0.15) is 49.5 Å². The van der Waals surface area contributed by atoms with Crippen LogP contribution in [-0.2, 0) is 5.75 Å². The van der Waals surface area contributed by atoms with Crippen molar-refractivity contribution >= 4 is 23.1 Å². The number of aromatic nitrogens is 4. The van der Waals surface area contributed by atoms with Crippen LogP contribution in [-0.4, -0.2) is 34.1 Å². The van der Waals surface area contributed by atoms with E-state index in [0.717, 1.165) is 40.1 Å². The van der Waals surface area contributed by atoms with Crippen molar-refractivity contribution in [1.29, 1.82) is 0 Å². The molecule has 9 heteroatoms. The Balaban J connectivity index is 1.43. The van der Waals surface area contributed by atoms with Crippen LogP contribution in [0.4, 0.5) is 0 Å². The number of nitrogens with two attached hydrogens (primary N) is 1. The van der Waals surface area contributed by atoms with Gasteiger partial charge in [-0.2, -0.15) is 0 Å². The molecule has 1 aromatic carbocycles. The number of thiazole rings is 1. The molecule has 2 N–H and O–H groups in total. The number of hydrogen-bond acceptors (Lipinski definition) is 8. The van der Waals surface area contributed by atoms with Gasteiger partial charge in [0.1, 0.15) is 5.01 Å². The first kappa shape index (κ1) is 20.0. The summed E-state index contributed by atoms with van der Waals surface area (Å²) < 4.78 is 12.4. The van der Waals surface area contributed by atoms with Gasteiger partial charge in [0.05, 0.1) is 19.9 Å². The quantitative estimate of drug-likeness (QED) is 0.436. The highest BCUT2D eigenvalue weighted by atomic mass is 32.2. The van der Waals surface area contributed by atoms with Crippen molar-refractivity contribution in [3.63, 3.8) is 0 Å². The van der Waals surface area contributed by atoms with E-state index >= 15 is 0 Å². The molecule has 3 aromatic rings. The molecule has 0 amide bonds. The van der Waals surface area contributed by atoms with E-state index in [1.165, 1.54) is 19.3 Å². The fourth-order valence-electron chi connectivity index (χ4n) is 3.64. The molecule has 1 saturated carbocycles. The Morgan fingerprint density at radius 2 is 1.93 bits per heavy atom. The number of rotatable bonds is 7. The Bertz CT molecular complexity index is 966. The van der Waals surface area contributed by atoms with Gasteiger partial charge in [-0.1, -0.05) is 31.0 Å². The minimum atomic E-state index is 0.437. The molecule has 0 spiro atoms. The highest BCUT2D eigenvalue weighted by Gasteiger charge is 2.22. The maximum absolute atomic E-state index is 6.28. The Morgan fingerprint density at radius 3 is 2.69 bits per heavy atom. The lowest BCUT2D eigenvalue weighted by atomic mass is 9.89. The molecular formula is C20H25N5O2S2. The molecule has 0 unspecified atom stereocenters. The summed E-state index contributed by atoms with van der Waals surface area (Å²) in [6.07, 6.45) is 6.11. The Hall–Kier alpha value is -2.26. The molecular weight excluding hydrogens is 406 g/mol. The molecule has 1 aliphatic rings.